The van der Waals surface area contributed by atoms with E-state index >= 15 is 0 Å². The number of rotatable bonds is 4. The van der Waals surface area contributed by atoms with Crippen LogP contribution in [0.4, 0.5) is 0 Å². The lowest BCUT2D eigenvalue weighted by molar-refractivity contribution is -0.00000732. The van der Waals surface area contributed by atoms with E-state index in [1.807, 2.05) is 6.07 Å². The predicted molar refractivity (Wildman–Crippen MR) is 111 cm³/mol. The third-order valence-electron chi connectivity index (χ3n) is 5.20. The molecule has 3 aromatic rings. The lowest BCUT2D eigenvalue weighted by Gasteiger charge is -2.18. The number of nitrogens with zero attached hydrogens (tertiary/aromatic N) is 1. The van der Waals surface area contributed by atoms with Gasteiger partial charge in [-0.1, -0.05) is 55.5 Å². The van der Waals surface area contributed by atoms with Crippen LogP contribution in [0.1, 0.15) is 38.0 Å². The molecule has 1 aliphatic rings. The molecule has 0 saturated heterocycles. The third kappa shape index (κ3) is 5.13. The van der Waals surface area contributed by atoms with Crippen molar-refractivity contribution in [2.24, 2.45) is 5.73 Å². The van der Waals surface area contributed by atoms with Crippen molar-refractivity contribution >= 4 is 10.9 Å². The van der Waals surface area contributed by atoms with Crippen LogP contribution >= 0.6 is 0 Å². The van der Waals surface area contributed by atoms with Gasteiger partial charge in [-0.2, -0.15) is 0 Å². The Hall–Kier alpha value is -1.81. The maximum atomic E-state index is 9.84. The summed E-state index contributed by atoms with van der Waals surface area (Å²) in [5.74, 6) is 0. The van der Waals surface area contributed by atoms with Gasteiger partial charge >= 0.3 is 1.43 Å². The highest BCUT2D eigenvalue weighted by atomic mass is 35.5. The molecular weight excluding hydrogens is 356 g/mol. The fourth-order valence-electron chi connectivity index (χ4n) is 3.79. The minimum absolute atomic E-state index is 0. The van der Waals surface area contributed by atoms with Crippen molar-refractivity contribution in [2.75, 3.05) is 6.54 Å². The van der Waals surface area contributed by atoms with Crippen LogP contribution in [0.5, 0.6) is 0 Å². The Morgan fingerprint density at radius 3 is 2.37 bits per heavy atom. The van der Waals surface area contributed by atoms with E-state index < -0.39 is 6.10 Å². The number of aliphatic hydroxyl groups excluding tert-OH is 1. The molecule has 3 N–H and O–H groups in total. The van der Waals surface area contributed by atoms with E-state index in [1.165, 1.54) is 47.0 Å². The van der Waals surface area contributed by atoms with Gasteiger partial charge in [0.2, 0.25) is 0 Å². The monoisotopic (exact) mass is 386 g/mol. The summed E-state index contributed by atoms with van der Waals surface area (Å²) >= 11 is 0. The van der Waals surface area contributed by atoms with Crippen LogP contribution in [0.15, 0.2) is 54.6 Å². The number of halogens is 1. The highest BCUT2D eigenvalue weighted by Crippen LogP contribution is 2.32. The predicted octanol–water partition coefficient (Wildman–Crippen LogP) is 1.21. The van der Waals surface area contributed by atoms with Crippen LogP contribution in [0.2, 0.25) is 0 Å². The summed E-state index contributed by atoms with van der Waals surface area (Å²) in [6, 6.07) is 19.0. The number of fused-ring (bicyclic) bond motifs is 3. The van der Waals surface area contributed by atoms with Crippen LogP contribution in [-0.2, 0) is 25.8 Å². The molecule has 4 rings (SSSR count). The summed E-state index contributed by atoms with van der Waals surface area (Å²) in [6.07, 6.45) is 5.51. The van der Waals surface area contributed by atoms with Gasteiger partial charge in [0.1, 0.15) is 0 Å². The lowest BCUT2D eigenvalue weighted by Crippen LogP contribution is -3.00. The summed E-state index contributed by atoms with van der Waals surface area (Å²) in [5.41, 5.74) is 11.1. The van der Waals surface area contributed by atoms with E-state index in [9.17, 15) is 5.11 Å². The maximum Gasteiger partial charge on any atom is 1.00 e. The van der Waals surface area contributed by atoms with Crippen LogP contribution in [-0.4, -0.2) is 22.3 Å². The molecule has 1 aromatic heterocycles. The van der Waals surface area contributed by atoms with Crippen molar-refractivity contribution < 1.29 is 18.9 Å². The van der Waals surface area contributed by atoms with Gasteiger partial charge in [0.05, 0.1) is 12.6 Å². The Labute approximate surface area is 170 Å². The number of aromatic nitrogens is 1. The van der Waals surface area contributed by atoms with E-state index in [1.54, 1.807) is 0 Å². The van der Waals surface area contributed by atoms with Crippen molar-refractivity contribution in [1.29, 1.82) is 0 Å². The van der Waals surface area contributed by atoms with Crippen LogP contribution in [0.3, 0.4) is 0 Å². The molecule has 1 unspecified atom stereocenters. The number of hydrogen-bond donors (Lipinski definition) is 2. The van der Waals surface area contributed by atoms with Gasteiger partial charge in [0.25, 0.3) is 0 Å². The van der Waals surface area contributed by atoms with E-state index in [-0.39, 0.29) is 13.8 Å². The van der Waals surface area contributed by atoms with Crippen molar-refractivity contribution in [3.05, 3.63) is 71.4 Å². The first-order chi connectivity index (χ1) is 12.7. The first kappa shape index (κ1) is 21.5. The third-order valence-corrected chi connectivity index (χ3v) is 5.20. The molecule has 4 heteroatoms. The lowest BCUT2D eigenvalue weighted by atomic mass is 9.95. The molecular formula is C23H31ClN2O. The van der Waals surface area contributed by atoms with Crippen molar-refractivity contribution in [3.8, 4) is 0 Å². The second-order valence-electron chi connectivity index (χ2n) is 6.99. The van der Waals surface area contributed by atoms with Crippen LogP contribution < -0.4 is 18.1 Å². The summed E-state index contributed by atoms with van der Waals surface area (Å²) in [4.78, 5) is 0. The second-order valence-corrected chi connectivity index (χ2v) is 6.99. The molecule has 0 amide bonds. The van der Waals surface area contributed by atoms with Crippen molar-refractivity contribution in [3.63, 3.8) is 0 Å². The molecule has 0 bridgehead atoms. The maximum absolute atomic E-state index is 9.84. The molecule has 0 radical (unpaired) electrons. The van der Waals surface area contributed by atoms with Gasteiger partial charge in [-0.25, -0.2) is 0 Å². The van der Waals surface area contributed by atoms with Gasteiger partial charge in [0.15, 0.2) is 0 Å². The fourth-order valence-corrected chi connectivity index (χ4v) is 3.79. The van der Waals surface area contributed by atoms with Gasteiger partial charge in [-0.05, 0) is 49.3 Å². The fraction of sp³-hybridized carbons (Fsp3) is 0.391. The van der Waals surface area contributed by atoms with Crippen LogP contribution in [0, 0.1) is 0 Å². The Kier molecular flexibility index (Phi) is 8.36. The molecule has 1 heterocycles. The van der Waals surface area contributed by atoms with Gasteiger partial charge in [-0.3, -0.25) is 0 Å². The number of benzene rings is 2. The number of aryl methyl sites for hydroxylation is 2. The molecule has 1 aliphatic carbocycles. The summed E-state index contributed by atoms with van der Waals surface area (Å²) in [7, 11) is 0. The zero-order valence-corrected chi connectivity index (χ0v) is 16.8. The SMILES string of the molecule is CCc1ccccc1.NCC(O)Cn1c2c(c3ccccc31)CCCC2.[Cl-].[H+]. The quantitative estimate of drug-likeness (QED) is 0.708. The molecule has 0 spiro atoms. The summed E-state index contributed by atoms with van der Waals surface area (Å²) in [6.45, 7) is 3.10. The average molecular weight is 387 g/mol. The molecule has 2 aromatic carbocycles. The molecule has 27 heavy (non-hydrogen) atoms. The first-order valence-electron chi connectivity index (χ1n) is 9.75. The van der Waals surface area contributed by atoms with E-state index in [2.05, 4.69) is 60.0 Å². The Balaban J connectivity index is 0.000000336. The molecule has 146 valence electrons. The van der Waals surface area contributed by atoms with E-state index in [0.29, 0.717) is 13.1 Å². The first-order valence-corrected chi connectivity index (χ1v) is 9.75. The van der Waals surface area contributed by atoms with Crippen molar-refractivity contribution in [2.45, 2.75) is 51.7 Å². The molecule has 1 atom stereocenters. The normalized spacial score (nSPS) is 13.9. The Morgan fingerprint density at radius 2 is 1.70 bits per heavy atom. The average Bonchev–Trinajstić information content (AvgIpc) is 3.03. The highest BCUT2D eigenvalue weighted by Gasteiger charge is 2.20. The molecule has 0 fully saturated rings. The highest BCUT2D eigenvalue weighted by molar-refractivity contribution is 5.85. The minimum atomic E-state index is -0.452. The smallest absolute Gasteiger partial charge is 1.00 e. The van der Waals surface area contributed by atoms with Gasteiger partial charge in [0, 0.05) is 23.1 Å². The topological polar surface area (TPSA) is 51.2 Å². The molecule has 0 aliphatic heterocycles. The van der Waals surface area contributed by atoms with Gasteiger partial charge in [-0.15, -0.1) is 0 Å². The van der Waals surface area contributed by atoms with E-state index in [0.717, 1.165) is 12.8 Å². The Bertz CT molecular complexity index is 835. The second kappa shape index (κ2) is 10.5. The zero-order valence-electron chi connectivity index (χ0n) is 17.1. The van der Waals surface area contributed by atoms with Gasteiger partial charge < -0.3 is 27.8 Å². The van der Waals surface area contributed by atoms with E-state index in [4.69, 9.17) is 5.73 Å². The number of aliphatic hydroxyl groups is 1. The largest absolute Gasteiger partial charge is 1.00 e. The molecule has 0 saturated carbocycles. The summed E-state index contributed by atoms with van der Waals surface area (Å²) in [5, 5.41) is 11.2. The summed E-state index contributed by atoms with van der Waals surface area (Å²) < 4.78 is 2.28. The zero-order chi connectivity index (χ0) is 18.4. The number of nitrogens with two attached hydrogens (primary N) is 1. The molecule has 3 nitrogen and oxygen atoms in total. The van der Waals surface area contributed by atoms with Crippen LogP contribution in [0.25, 0.3) is 10.9 Å². The Morgan fingerprint density at radius 1 is 1.04 bits per heavy atom. The van der Waals surface area contributed by atoms with Crippen molar-refractivity contribution in [1.82, 2.24) is 4.57 Å². The number of para-hydroxylation sites is 1. The standard InChI is InChI=1S/C15H20N2O.C8H10.ClH/c16-9-11(18)10-17-14-7-3-1-5-12(14)13-6-2-4-8-15(13)17;1-2-8-6-4-3-5-7-8;/h1,3,5,7,11,18H,2,4,6,8-10,16H2;3-7H,2H2,1H3;1H. The number of hydrogen-bond acceptors (Lipinski definition) is 2. The minimum Gasteiger partial charge on any atom is -1.00 e.